The maximum Gasteiger partial charge on any atom is 0.256 e. The Kier molecular flexibility index (Phi) is 4.71. The Labute approximate surface area is 118 Å². The number of methoxy groups -OCH3 is 1. The predicted molar refractivity (Wildman–Crippen MR) is 76.6 cm³/mol. The number of hydrogen-bond donors (Lipinski definition) is 0. The Bertz CT molecular complexity index is 579. The van der Waals surface area contributed by atoms with Gasteiger partial charge in [-0.3, -0.25) is 4.79 Å². The van der Waals surface area contributed by atoms with Crippen LogP contribution in [0, 0.1) is 0 Å². The molecule has 1 aromatic carbocycles. The molecule has 0 fully saturated rings. The topological polar surface area (TPSA) is 48.4 Å². The summed E-state index contributed by atoms with van der Waals surface area (Å²) in [7, 11) is 1.57. The van der Waals surface area contributed by atoms with E-state index in [2.05, 4.69) is 4.98 Å². The van der Waals surface area contributed by atoms with E-state index in [0.29, 0.717) is 23.8 Å². The summed E-state index contributed by atoms with van der Waals surface area (Å²) in [6.07, 6.45) is 3.34. The molecule has 0 N–H and O–H groups in total. The van der Waals surface area contributed by atoms with Crippen molar-refractivity contribution in [2.24, 2.45) is 0 Å². The predicted octanol–water partition coefficient (Wildman–Crippen LogP) is 2.89. The average Bonchev–Trinajstić information content (AvgIpc) is 2.49. The second-order valence-electron chi connectivity index (χ2n) is 4.32. The van der Waals surface area contributed by atoms with Crippen LogP contribution < -0.4 is 9.47 Å². The van der Waals surface area contributed by atoms with Gasteiger partial charge in [-0.05, 0) is 30.5 Å². The number of pyridine rings is 1. The third kappa shape index (κ3) is 3.35. The lowest BCUT2D eigenvalue weighted by Crippen LogP contribution is -1.99. The summed E-state index contributed by atoms with van der Waals surface area (Å²) in [5, 5.41) is 0. The van der Waals surface area contributed by atoms with E-state index < -0.39 is 0 Å². The molecule has 0 aliphatic rings. The average molecular weight is 271 g/mol. The Morgan fingerprint density at radius 2 is 1.95 bits per heavy atom. The minimum atomic E-state index is 0.493. The molecule has 0 spiro atoms. The fourth-order valence-corrected chi connectivity index (χ4v) is 1.93. The largest absolute Gasteiger partial charge is 0.488 e. The Hall–Kier alpha value is -2.36. The van der Waals surface area contributed by atoms with Crippen LogP contribution in [-0.4, -0.2) is 25.0 Å². The number of ether oxygens (including phenoxy) is 2. The van der Waals surface area contributed by atoms with Gasteiger partial charge in [0.15, 0.2) is 5.75 Å². The maximum absolute atomic E-state index is 10.6. The summed E-state index contributed by atoms with van der Waals surface area (Å²) in [4.78, 5) is 14.9. The fourth-order valence-electron chi connectivity index (χ4n) is 1.93. The van der Waals surface area contributed by atoms with E-state index in [9.17, 15) is 4.79 Å². The first-order valence-electron chi connectivity index (χ1n) is 6.46. The first kappa shape index (κ1) is 14.1. The standard InChI is InChI=1S/C16H17NO3/c1-3-20-15-9-14(10-17-16(15)19-2)8-12-4-6-13(11-18)7-5-12/h4-7,9-11H,3,8H2,1-2H3. The van der Waals surface area contributed by atoms with Crippen LogP contribution in [-0.2, 0) is 6.42 Å². The van der Waals surface area contributed by atoms with Crippen molar-refractivity contribution in [3.8, 4) is 11.6 Å². The summed E-state index contributed by atoms with van der Waals surface area (Å²) >= 11 is 0. The number of rotatable bonds is 6. The highest BCUT2D eigenvalue weighted by atomic mass is 16.5. The lowest BCUT2D eigenvalue weighted by Gasteiger charge is -2.10. The normalized spacial score (nSPS) is 10.1. The third-order valence-electron chi connectivity index (χ3n) is 2.89. The minimum Gasteiger partial charge on any atom is -0.488 e. The van der Waals surface area contributed by atoms with Crippen LogP contribution in [0.25, 0.3) is 0 Å². The van der Waals surface area contributed by atoms with Gasteiger partial charge in [-0.2, -0.15) is 0 Å². The Morgan fingerprint density at radius 3 is 2.55 bits per heavy atom. The SMILES string of the molecule is CCOc1cc(Cc2ccc(C=O)cc2)cnc1OC. The van der Waals surface area contributed by atoms with Crippen molar-refractivity contribution >= 4 is 6.29 Å². The molecule has 4 nitrogen and oxygen atoms in total. The van der Waals surface area contributed by atoms with E-state index in [4.69, 9.17) is 9.47 Å². The summed E-state index contributed by atoms with van der Waals surface area (Å²) in [5.74, 6) is 1.14. The quantitative estimate of drug-likeness (QED) is 0.758. The molecule has 0 aliphatic heterocycles. The molecule has 0 saturated heterocycles. The summed E-state index contributed by atoms with van der Waals surface area (Å²) in [6, 6.07) is 9.43. The van der Waals surface area contributed by atoms with Crippen molar-refractivity contribution < 1.29 is 14.3 Å². The third-order valence-corrected chi connectivity index (χ3v) is 2.89. The molecule has 0 unspecified atom stereocenters. The van der Waals surface area contributed by atoms with Gasteiger partial charge in [0.2, 0.25) is 0 Å². The van der Waals surface area contributed by atoms with Crippen LogP contribution >= 0.6 is 0 Å². The van der Waals surface area contributed by atoms with Gasteiger partial charge in [0.25, 0.3) is 5.88 Å². The van der Waals surface area contributed by atoms with E-state index in [1.807, 2.05) is 37.3 Å². The second-order valence-corrected chi connectivity index (χ2v) is 4.32. The van der Waals surface area contributed by atoms with Gasteiger partial charge >= 0.3 is 0 Å². The zero-order chi connectivity index (χ0) is 14.4. The van der Waals surface area contributed by atoms with E-state index in [1.54, 1.807) is 13.3 Å². The van der Waals surface area contributed by atoms with Crippen LogP contribution in [0.4, 0.5) is 0 Å². The molecule has 2 aromatic rings. The monoisotopic (exact) mass is 271 g/mol. The van der Waals surface area contributed by atoms with Crippen LogP contribution in [0.15, 0.2) is 36.5 Å². The van der Waals surface area contributed by atoms with Gasteiger partial charge in [-0.15, -0.1) is 0 Å². The highest BCUT2D eigenvalue weighted by Gasteiger charge is 2.07. The van der Waals surface area contributed by atoms with Crippen molar-refractivity contribution in [1.82, 2.24) is 4.98 Å². The zero-order valence-electron chi connectivity index (χ0n) is 11.6. The summed E-state index contributed by atoms with van der Waals surface area (Å²) in [5.41, 5.74) is 2.83. The maximum atomic E-state index is 10.6. The Morgan fingerprint density at radius 1 is 1.20 bits per heavy atom. The van der Waals surface area contributed by atoms with E-state index in [1.165, 1.54) is 0 Å². The molecule has 4 heteroatoms. The summed E-state index contributed by atoms with van der Waals surface area (Å²) < 4.78 is 10.7. The number of aromatic nitrogens is 1. The fraction of sp³-hybridized carbons (Fsp3) is 0.250. The lowest BCUT2D eigenvalue weighted by molar-refractivity contribution is 0.112. The molecule has 0 saturated carbocycles. The molecule has 20 heavy (non-hydrogen) atoms. The van der Waals surface area contributed by atoms with Crippen LogP contribution in [0.5, 0.6) is 11.6 Å². The van der Waals surface area contributed by atoms with Crippen LogP contribution in [0.2, 0.25) is 0 Å². The second kappa shape index (κ2) is 6.70. The van der Waals surface area contributed by atoms with Gasteiger partial charge in [-0.25, -0.2) is 4.98 Å². The highest BCUT2D eigenvalue weighted by Crippen LogP contribution is 2.26. The van der Waals surface area contributed by atoms with Gasteiger partial charge < -0.3 is 9.47 Å². The first-order valence-corrected chi connectivity index (χ1v) is 6.46. The molecule has 0 aliphatic carbocycles. The van der Waals surface area contributed by atoms with Gasteiger partial charge in [0, 0.05) is 11.8 Å². The molecule has 2 rings (SSSR count). The number of aldehydes is 1. The molecule has 0 atom stereocenters. The van der Waals surface area contributed by atoms with Gasteiger partial charge in [-0.1, -0.05) is 24.3 Å². The van der Waals surface area contributed by atoms with E-state index in [0.717, 1.165) is 23.8 Å². The smallest absolute Gasteiger partial charge is 0.256 e. The van der Waals surface area contributed by atoms with Gasteiger partial charge in [0.05, 0.1) is 13.7 Å². The molecule has 1 heterocycles. The first-order chi connectivity index (χ1) is 9.76. The zero-order valence-corrected chi connectivity index (χ0v) is 11.6. The van der Waals surface area contributed by atoms with E-state index >= 15 is 0 Å². The highest BCUT2D eigenvalue weighted by molar-refractivity contribution is 5.74. The number of hydrogen-bond acceptors (Lipinski definition) is 4. The van der Waals surface area contributed by atoms with Crippen molar-refractivity contribution in [2.45, 2.75) is 13.3 Å². The van der Waals surface area contributed by atoms with Crippen molar-refractivity contribution in [2.75, 3.05) is 13.7 Å². The van der Waals surface area contributed by atoms with Crippen molar-refractivity contribution in [3.05, 3.63) is 53.2 Å². The molecule has 104 valence electrons. The lowest BCUT2D eigenvalue weighted by atomic mass is 10.1. The minimum absolute atomic E-state index is 0.493. The van der Waals surface area contributed by atoms with Crippen molar-refractivity contribution in [1.29, 1.82) is 0 Å². The number of benzene rings is 1. The molecular weight excluding hydrogens is 254 g/mol. The summed E-state index contributed by atoms with van der Waals surface area (Å²) in [6.45, 7) is 2.49. The van der Waals surface area contributed by atoms with E-state index in [-0.39, 0.29) is 0 Å². The van der Waals surface area contributed by atoms with Gasteiger partial charge in [0.1, 0.15) is 6.29 Å². The van der Waals surface area contributed by atoms with Crippen LogP contribution in [0.1, 0.15) is 28.4 Å². The molecule has 0 radical (unpaired) electrons. The molecule has 0 amide bonds. The Balaban J connectivity index is 2.19. The number of carbonyl (C=O) groups is 1. The molecule has 0 bridgehead atoms. The molecule has 1 aromatic heterocycles. The molecular formula is C16H17NO3. The van der Waals surface area contributed by atoms with Crippen molar-refractivity contribution in [3.63, 3.8) is 0 Å². The van der Waals surface area contributed by atoms with Crippen LogP contribution in [0.3, 0.4) is 0 Å². The number of nitrogens with zero attached hydrogens (tertiary/aromatic N) is 1. The number of carbonyl (C=O) groups excluding carboxylic acids is 1.